The number of carboxylic acid groups (broad SMARTS) is 1. The number of nitrogen functional groups attached to an aromatic ring is 1. The van der Waals surface area contributed by atoms with Gasteiger partial charge in [0.05, 0.1) is 0 Å². The van der Waals surface area contributed by atoms with Crippen LogP contribution in [0.5, 0.6) is 0 Å². The molecule has 1 aromatic rings. The molecule has 0 saturated carbocycles. The first kappa shape index (κ1) is 10.0. The second-order valence-electron chi connectivity index (χ2n) is 2.52. The van der Waals surface area contributed by atoms with Crippen LogP contribution in [0, 0.1) is 0 Å². The molecule has 0 aliphatic heterocycles. The highest BCUT2D eigenvalue weighted by Crippen LogP contribution is 2.23. The number of aliphatic carboxylic acids is 1. The lowest BCUT2D eigenvalue weighted by Crippen LogP contribution is -2.10. The lowest BCUT2D eigenvalue weighted by molar-refractivity contribution is -0.146. The predicted molar refractivity (Wildman–Crippen MR) is 51.2 cm³/mol. The van der Waals surface area contributed by atoms with E-state index in [-0.39, 0.29) is 5.56 Å². The maximum absolute atomic E-state index is 10.4. The van der Waals surface area contributed by atoms with E-state index in [1.54, 1.807) is 6.07 Å². The fourth-order valence-electron chi connectivity index (χ4n) is 0.875. The highest BCUT2D eigenvalue weighted by atomic mass is 79.9. The lowest BCUT2D eigenvalue weighted by atomic mass is 10.1. The Hall–Kier alpha value is -1.07. The Bertz CT molecular complexity index is 340. The topological polar surface area (TPSA) is 83.5 Å². The maximum atomic E-state index is 10.4. The average molecular weight is 246 g/mol. The van der Waals surface area contributed by atoms with Gasteiger partial charge in [0.25, 0.3) is 0 Å². The van der Waals surface area contributed by atoms with Crippen molar-refractivity contribution >= 4 is 27.6 Å². The van der Waals surface area contributed by atoms with Crippen LogP contribution in [0.25, 0.3) is 0 Å². The van der Waals surface area contributed by atoms with Gasteiger partial charge in [0, 0.05) is 10.2 Å². The molecule has 0 spiro atoms. The first-order valence-electron chi connectivity index (χ1n) is 3.48. The molecule has 1 unspecified atom stereocenters. The van der Waals surface area contributed by atoms with Crippen molar-refractivity contribution in [2.24, 2.45) is 0 Å². The molecule has 0 amide bonds. The third-order valence-electron chi connectivity index (χ3n) is 1.57. The number of nitrogens with two attached hydrogens (primary N) is 1. The largest absolute Gasteiger partial charge is 0.479 e. The van der Waals surface area contributed by atoms with Crippen LogP contribution in [-0.4, -0.2) is 16.2 Å². The van der Waals surface area contributed by atoms with Crippen molar-refractivity contribution in [3.8, 4) is 0 Å². The Labute approximate surface area is 83.1 Å². The summed E-state index contributed by atoms with van der Waals surface area (Å²) in [7, 11) is 0. The van der Waals surface area contributed by atoms with Crippen LogP contribution in [-0.2, 0) is 4.79 Å². The standard InChI is InChI=1S/C8H8BrNO3/c9-5-2-1-4(3-6(5)10)7(11)8(12)13/h1-3,7,11H,10H2,(H,12,13). The summed E-state index contributed by atoms with van der Waals surface area (Å²) in [4.78, 5) is 10.4. The van der Waals surface area contributed by atoms with Crippen LogP contribution in [0.2, 0.25) is 0 Å². The number of carboxylic acids is 1. The van der Waals surface area contributed by atoms with Crippen LogP contribution >= 0.6 is 15.9 Å². The van der Waals surface area contributed by atoms with Crippen molar-refractivity contribution in [3.05, 3.63) is 28.2 Å². The van der Waals surface area contributed by atoms with Gasteiger partial charge in [-0.05, 0) is 33.6 Å². The van der Waals surface area contributed by atoms with Crippen LogP contribution in [0.4, 0.5) is 5.69 Å². The highest BCUT2D eigenvalue weighted by molar-refractivity contribution is 9.10. The van der Waals surface area contributed by atoms with Gasteiger partial charge in [0.2, 0.25) is 0 Å². The molecule has 0 bridgehead atoms. The molecule has 70 valence electrons. The van der Waals surface area contributed by atoms with E-state index in [9.17, 15) is 4.79 Å². The Balaban J connectivity index is 3.03. The predicted octanol–water partition coefficient (Wildman–Crippen LogP) is 1.15. The molecule has 0 aliphatic rings. The van der Waals surface area contributed by atoms with Gasteiger partial charge in [-0.25, -0.2) is 4.79 Å². The lowest BCUT2D eigenvalue weighted by Gasteiger charge is -2.06. The average Bonchev–Trinajstić information content (AvgIpc) is 2.08. The number of benzene rings is 1. The summed E-state index contributed by atoms with van der Waals surface area (Å²) >= 11 is 3.16. The fraction of sp³-hybridized carbons (Fsp3) is 0.125. The summed E-state index contributed by atoms with van der Waals surface area (Å²) < 4.78 is 0.675. The van der Waals surface area contributed by atoms with E-state index in [1.807, 2.05) is 0 Å². The van der Waals surface area contributed by atoms with Gasteiger partial charge in [0.1, 0.15) is 0 Å². The molecule has 0 radical (unpaired) electrons. The van der Waals surface area contributed by atoms with E-state index in [2.05, 4.69) is 15.9 Å². The number of aliphatic hydroxyl groups excluding tert-OH is 1. The molecule has 4 N–H and O–H groups in total. The smallest absolute Gasteiger partial charge is 0.337 e. The summed E-state index contributed by atoms with van der Waals surface area (Å²) in [5.74, 6) is -1.29. The van der Waals surface area contributed by atoms with Crippen LogP contribution in [0.3, 0.4) is 0 Å². The number of rotatable bonds is 2. The van der Waals surface area contributed by atoms with E-state index in [0.717, 1.165) is 0 Å². The molecule has 0 aliphatic carbocycles. The molecule has 0 aromatic heterocycles. The molecule has 1 atom stereocenters. The van der Waals surface area contributed by atoms with Gasteiger partial charge in [0.15, 0.2) is 6.10 Å². The normalized spacial score (nSPS) is 12.5. The zero-order chi connectivity index (χ0) is 10.0. The summed E-state index contributed by atoms with van der Waals surface area (Å²) in [6.07, 6.45) is -1.52. The van der Waals surface area contributed by atoms with Gasteiger partial charge < -0.3 is 15.9 Å². The van der Waals surface area contributed by atoms with Crippen molar-refractivity contribution in [2.45, 2.75) is 6.10 Å². The van der Waals surface area contributed by atoms with E-state index in [4.69, 9.17) is 15.9 Å². The maximum Gasteiger partial charge on any atom is 0.337 e. The van der Waals surface area contributed by atoms with E-state index in [0.29, 0.717) is 10.2 Å². The molecular formula is C8H8BrNO3. The Morgan fingerprint density at radius 1 is 1.54 bits per heavy atom. The molecule has 4 nitrogen and oxygen atoms in total. The Morgan fingerprint density at radius 3 is 2.62 bits per heavy atom. The third-order valence-corrected chi connectivity index (χ3v) is 2.29. The summed E-state index contributed by atoms with van der Waals surface area (Å²) in [6, 6.07) is 4.51. The highest BCUT2D eigenvalue weighted by Gasteiger charge is 2.16. The number of hydrogen-bond acceptors (Lipinski definition) is 3. The van der Waals surface area contributed by atoms with Crippen molar-refractivity contribution < 1.29 is 15.0 Å². The number of hydrogen-bond donors (Lipinski definition) is 3. The second-order valence-corrected chi connectivity index (χ2v) is 3.38. The second kappa shape index (κ2) is 3.76. The van der Waals surface area contributed by atoms with E-state index < -0.39 is 12.1 Å². The number of carbonyl (C=O) groups is 1. The molecular weight excluding hydrogens is 238 g/mol. The van der Waals surface area contributed by atoms with Gasteiger partial charge in [-0.1, -0.05) is 6.07 Å². The minimum Gasteiger partial charge on any atom is -0.479 e. The summed E-state index contributed by atoms with van der Waals surface area (Å²) in [6.45, 7) is 0. The molecule has 13 heavy (non-hydrogen) atoms. The number of anilines is 1. The van der Waals surface area contributed by atoms with Gasteiger partial charge >= 0.3 is 5.97 Å². The van der Waals surface area contributed by atoms with Crippen LogP contribution < -0.4 is 5.73 Å². The quantitative estimate of drug-likeness (QED) is 0.683. The molecule has 0 saturated heterocycles. The van der Waals surface area contributed by atoms with Crippen molar-refractivity contribution in [2.75, 3.05) is 5.73 Å². The molecule has 1 aromatic carbocycles. The molecule has 0 fully saturated rings. The monoisotopic (exact) mass is 245 g/mol. The molecule has 5 heteroatoms. The summed E-state index contributed by atoms with van der Waals surface area (Å²) in [5, 5.41) is 17.6. The number of aliphatic hydroxyl groups is 1. The van der Waals surface area contributed by atoms with Crippen LogP contribution in [0.15, 0.2) is 22.7 Å². The first-order valence-corrected chi connectivity index (χ1v) is 4.27. The zero-order valence-corrected chi connectivity index (χ0v) is 8.15. The summed E-state index contributed by atoms with van der Waals surface area (Å²) in [5.41, 5.74) is 6.18. The van der Waals surface area contributed by atoms with E-state index in [1.165, 1.54) is 12.1 Å². The van der Waals surface area contributed by atoms with Gasteiger partial charge in [-0.3, -0.25) is 0 Å². The Morgan fingerprint density at radius 2 is 2.15 bits per heavy atom. The Kier molecular flexibility index (Phi) is 2.90. The number of halogens is 1. The van der Waals surface area contributed by atoms with Crippen molar-refractivity contribution in [1.29, 1.82) is 0 Å². The van der Waals surface area contributed by atoms with Gasteiger partial charge in [-0.2, -0.15) is 0 Å². The SMILES string of the molecule is Nc1cc(C(O)C(=O)O)ccc1Br. The fourth-order valence-corrected chi connectivity index (χ4v) is 1.12. The zero-order valence-electron chi connectivity index (χ0n) is 6.57. The van der Waals surface area contributed by atoms with Crippen LogP contribution in [0.1, 0.15) is 11.7 Å². The van der Waals surface area contributed by atoms with Gasteiger partial charge in [-0.15, -0.1) is 0 Å². The van der Waals surface area contributed by atoms with E-state index >= 15 is 0 Å². The van der Waals surface area contributed by atoms with Crippen molar-refractivity contribution in [3.63, 3.8) is 0 Å². The van der Waals surface area contributed by atoms with Crippen molar-refractivity contribution in [1.82, 2.24) is 0 Å². The minimum absolute atomic E-state index is 0.271. The molecule has 1 rings (SSSR count). The minimum atomic E-state index is -1.52. The molecule has 0 heterocycles. The first-order chi connectivity index (χ1) is 6.02. The third kappa shape index (κ3) is 2.19.